The SMILES string of the molecule is CCc1cc2c(cc1Cl)C(=O)/C(=C\c1cc3c(nc(-c4ccc(OC)cc4)n3C)o1)C2=O. The molecule has 0 amide bonds. The first-order chi connectivity index (χ1) is 15.4. The lowest BCUT2D eigenvalue weighted by Gasteiger charge is -2.03. The number of carbonyl (C=O) groups is 2. The zero-order valence-electron chi connectivity index (χ0n) is 17.7. The van der Waals surface area contributed by atoms with E-state index >= 15 is 0 Å². The standard InChI is InChI=1S/C25H19ClN2O4/c1-4-13-9-17-18(12-20(13)26)23(30)19(22(17)29)10-16-11-21-25(32-16)27-24(28(21)2)14-5-7-15(31-3)8-6-14/h5-12H,4H2,1-3H3/b19-10-. The van der Waals surface area contributed by atoms with E-state index in [-0.39, 0.29) is 17.1 Å². The molecule has 0 fully saturated rings. The fraction of sp³-hybridized carbons (Fsp3) is 0.160. The molecule has 0 unspecified atom stereocenters. The molecular formula is C25H19ClN2O4. The van der Waals surface area contributed by atoms with Gasteiger partial charge in [-0.25, -0.2) is 0 Å². The van der Waals surface area contributed by atoms with Crippen molar-refractivity contribution >= 4 is 40.5 Å². The van der Waals surface area contributed by atoms with E-state index in [4.69, 9.17) is 20.8 Å². The predicted molar refractivity (Wildman–Crippen MR) is 122 cm³/mol. The molecule has 1 aliphatic carbocycles. The van der Waals surface area contributed by atoms with E-state index in [0.29, 0.717) is 34.0 Å². The van der Waals surface area contributed by atoms with Crippen molar-refractivity contribution in [3.63, 3.8) is 0 Å². The van der Waals surface area contributed by atoms with E-state index in [0.717, 1.165) is 28.2 Å². The van der Waals surface area contributed by atoms with Crippen molar-refractivity contribution in [2.75, 3.05) is 7.11 Å². The van der Waals surface area contributed by atoms with E-state index in [1.807, 2.05) is 42.8 Å². The van der Waals surface area contributed by atoms with Crippen molar-refractivity contribution in [3.8, 4) is 17.1 Å². The van der Waals surface area contributed by atoms with Gasteiger partial charge in [0, 0.05) is 34.8 Å². The number of allylic oxidation sites excluding steroid dienone is 1. The van der Waals surface area contributed by atoms with Gasteiger partial charge < -0.3 is 13.7 Å². The van der Waals surface area contributed by atoms with E-state index < -0.39 is 0 Å². The van der Waals surface area contributed by atoms with Crippen LogP contribution in [-0.2, 0) is 13.5 Å². The second-order valence-electron chi connectivity index (χ2n) is 7.62. The molecule has 2 aromatic heterocycles. The first-order valence-corrected chi connectivity index (χ1v) is 10.5. The first-order valence-electron chi connectivity index (χ1n) is 10.2. The average molecular weight is 447 g/mol. The molecule has 0 atom stereocenters. The van der Waals surface area contributed by atoms with Crippen LogP contribution in [0.3, 0.4) is 0 Å². The van der Waals surface area contributed by atoms with Gasteiger partial charge >= 0.3 is 0 Å². The monoisotopic (exact) mass is 446 g/mol. The minimum absolute atomic E-state index is 0.0683. The van der Waals surface area contributed by atoms with Gasteiger partial charge in [-0.15, -0.1) is 0 Å². The molecule has 0 saturated heterocycles. The molecule has 2 aromatic carbocycles. The number of ketones is 2. The van der Waals surface area contributed by atoms with Crippen molar-refractivity contribution < 1.29 is 18.7 Å². The highest BCUT2D eigenvalue weighted by Gasteiger charge is 2.34. The minimum atomic E-state index is -0.345. The summed E-state index contributed by atoms with van der Waals surface area (Å²) in [6.45, 7) is 1.95. The fourth-order valence-corrected chi connectivity index (χ4v) is 4.29. The summed E-state index contributed by atoms with van der Waals surface area (Å²) in [5.74, 6) is 1.24. The summed E-state index contributed by atoms with van der Waals surface area (Å²) in [6.07, 6.45) is 2.16. The summed E-state index contributed by atoms with van der Waals surface area (Å²) < 4.78 is 13.0. The van der Waals surface area contributed by atoms with Crippen molar-refractivity contribution in [3.05, 3.63) is 75.5 Å². The largest absolute Gasteiger partial charge is 0.497 e. The molecule has 0 bridgehead atoms. The number of methoxy groups -OCH3 is 1. The molecule has 0 radical (unpaired) electrons. The zero-order valence-corrected chi connectivity index (χ0v) is 18.5. The Morgan fingerprint density at radius 1 is 1.09 bits per heavy atom. The Bertz CT molecular complexity index is 1440. The maximum atomic E-state index is 12.9. The number of imidazole rings is 1. The highest BCUT2D eigenvalue weighted by atomic mass is 35.5. The fourth-order valence-electron chi connectivity index (χ4n) is 4.00. The number of ether oxygens (including phenoxy) is 1. The number of aryl methyl sites for hydroxylation is 2. The number of aromatic nitrogens is 2. The Hall–Kier alpha value is -3.64. The predicted octanol–water partition coefficient (Wildman–Crippen LogP) is 5.52. The summed E-state index contributed by atoms with van der Waals surface area (Å²) >= 11 is 6.25. The highest BCUT2D eigenvalue weighted by molar-refractivity contribution is 6.42. The third kappa shape index (κ3) is 3.07. The number of carbonyl (C=O) groups excluding carboxylic acids is 2. The molecule has 32 heavy (non-hydrogen) atoms. The number of halogens is 1. The molecule has 7 heteroatoms. The van der Waals surface area contributed by atoms with Crippen LogP contribution >= 0.6 is 11.6 Å². The van der Waals surface area contributed by atoms with Crippen molar-refractivity contribution in [2.24, 2.45) is 7.05 Å². The van der Waals surface area contributed by atoms with Crippen molar-refractivity contribution in [2.45, 2.75) is 13.3 Å². The van der Waals surface area contributed by atoms with Crippen molar-refractivity contribution in [1.29, 1.82) is 0 Å². The second kappa shape index (κ2) is 7.50. The number of Topliss-reactive ketones (excluding diaryl/α,β-unsaturated/α-hetero) is 2. The number of nitrogens with zero attached hydrogens (tertiary/aromatic N) is 2. The van der Waals surface area contributed by atoms with Crippen LogP contribution in [0.25, 0.3) is 28.7 Å². The molecule has 0 aliphatic heterocycles. The van der Waals surface area contributed by atoms with Gasteiger partial charge in [-0.2, -0.15) is 4.98 Å². The van der Waals surface area contributed by atoms with Gasteiger partial charge in [0.05, 0.1) is 12.7 Å². The molecule has 6 nitrogen and oxygen atoms in total. The van der Waals surface area contributed by atoms with Gasteiger partial charge in [0.25, 0.3) is 0 Å². The normalized spacial score (nSPS) is 14.6. The van der Waals surface area contributed by atoms with Crippen LogP contribution < -0.4 is 4.74 Å². The summed E-state index contributed by atoms with van der Waals surface area (Å²) in [4.78, 5) is 30.3. The van der Waals surface area contributed by atoms with E-state index in [1.54, 1.807) is 25.3 Å². The summed E-state index contributed by atoms with van der Waals surface area (Å²) in [6, 6.07) is 12.6. The molecule has 160 valence electrons. The Morgan fingerprint density at radius 3 is 2.41 bits per heavy atom. The number of hydrogen-bond donors (Lipinski definition) is 0. The maximum absolute atomic E-state index is 12.9. The molecule has 0 spiro atoms. The van der Waals surface area contributed by atoms with Crippen LogP contribution in [0, 0.1) is 0 Å². The van der Waals surface area contributed by atoms with E-state index in [1.165, 1.54) is 6.08 Å². The summed E-state index contributed by atoms with van der Waals surface area (Å²) in [7, 11) is 3.51. The van der Waals surface area contributed by atoms with E-state index in [9.17, 15) is 9.59 Å². The molecule has 5 rings (SSSR count). The molecule has 0 saturated carbocycles. The third-order valence-corrected chi connectivity index (χ3v) is 6.13. The lowest BCUT2D eigenvalue weighted by atomic mass is 10.0. The van der Waals surface area contributed by atoms with Crippen LogP contribution in [0.15, 0.2) is 52.5 Å². The maximum Gasteiger partial charge on any atom is 0.245 e. The topological polar surface area (TPSA) is 74.3 Å². The molecule has 2 heterocycles. The number of benzene rings is 2. The summed E-state index contributed by atoms with van der Waals surface area (Å²) in [5.41, 5.74) is 3.73. The van der Waals surface area contributed by atoms with Crippen LogP contribution in [0.1, 0.15) is 39.0 Å². The number of fused-ring (bicyclic) bond motifs is 2. The highest BCUT2D eigenvalue weighted by Crippen LogP contribution is 2.34. The van der Waals surface area contributed by atoms with Crippen LogP contribution in [0.2, 0.25) is 5.02 Å². The molecular weight excluding hydrogens is 428 g/mol. The van der Waals surface area contributed by atoms with Gasteiger partial charge in [-0.1, -0.05) is 18.5 Å². The second-order valence-corrected chi connectivity index (χ2v) is 8.03. The summed E-state index contributed by atoms with van der Waals surface area (Å²) in [5, 5.41) is 0.493. The average Bonchev–Trinajstić information content (AvgIpc) is 3.41. The first kappa shape index (κ1) is 20.3. The molecule has 1 aliphatic rings. The van der Waals surface area contributed by atoms with E-state index in [2.05, 4.69) is 4.98 Å². The molecule has 4 aromatic rings. The minimum Gasteiger partial charge on any atom is -0.497 e. The van der Waals surface area contributed by atoms with Crippen LogP contribution in [0.5, 0.6) is 5.75 Å². The Labute approximate surface area is 189 Å². The van der Waals surface area contributed by atoms with Crippen LogP contribution in [0.4, 0.5) is 0 Å². The zero-order chi connectivity index (χ0) is 22.6. The van der Waals surface area contributed by atoms with Crippen molar-refractivity contribution in [1.82, 2.24) is 9.55 Å². The van der Waals surface area contributed by atoms with Gasteiger partial charge in [0.15, 0.2) is 11.6 Å². The third-order valence-electron chi connectivity index (χ3n) is 5.78. The van der Waals surface area contributed by atoms with Gasteiger partial charge in [0.1, 0.15) is 22.9 Å². The van der Waals surface area contributed by atoms with Crippen LogP contribution in [-0.4, -0.2) is 28.2 Å². The van der Waals surface area contributed by atoms with Gasteiger partial charge in [-0.05, 0) is 54.5 Å². The lowest BCUT2D eigenvalue weighted by molar-refractivity contribution is 0.0990. The molecule has 0 N–H and O–H groups in total. The number of hydrogen-bond acceptors (Lipinski definition) is 5. The lowest BCUT2D eigenvalue weighted by Crippen LogP contribution is -2.00. The van der Waals surface area contributed by atoms with Gasteiger partial charge in [-0.3, -0.25) is 9.59 Å². The number of rotatable bonds is 4. The Kier molecular flexibility index (Phi) is 4.75. The quantitative estimate of drug-likeness (QED) is 0.305. The Balaban J connectivity index is 1.51. The van der Waals surface area contributed by atoms with Gasteiger partial charge in [0.2, 0.25) is 5.71 Å². The Morgan fingerprint density at radius 2 is 1.78 bits per heavy atom. The number of furan rings is 1. The smallest absolute Gasteiger partial charge is 0.245 e.